The van der Waals surface area contributed by atoms with Crippen molar-refractivity contribution < 1.29 is 9.47 Å². The lowest BCUT2D eigenvalue weighted by molar-refractivity contribution is 0.311. The number of ether oxygens (including phenoxy) is 2. The van der Waals surface area contributed by atoms with E-state index in [-0.39, 0.29) is 0 Å². The summed E-state index contributed by atoms with van der Waals surface area (Å²) < 4.78 is 12.8. The van der Waals surface area contributed by atoms with Crippen LogP contribution < -0.4 is 20.1 Å². The zero-order chi connectivity index (χ0) is 18.2. The molecule has 2 N–H and O–H groups in total. The Hall–Kier alpha value is -2.77. The molecule has 0 aliphatic rings. The number of anilines is 1. The Morgan fingerprint density at radius 1 is 1.24 bits per heavy atom. The van der Waals surface area contributed by atoms with Crippen molar-refractivity contribution in [2.24, 2.45) is 12.0 Å². The van der Waals surface area contributed by atoms with Gasteiger partial charge < -0.3 is 24.7 Å². The largest absolute Gasteiger partial charge is 0.493 e. The maximum Gasteiger partial charge on any atom is 0.196 e. The molecule has 0 aliphatic heterocycles. The van der Waals surface area contributed by atoms with E-state index in [1.54, 1.807) is 7.11 Å². The van der Waals surface area contributed by atoms with Crippen molar-refractivity contribution in [3.8, 4) is 11.5 Å². The van der Waals surface area contributed by atoms with E-state index in [1.165, 1.54) is 0 Å². The lowest BCUT2D eigenvalue weighted by Crippen LogP contribution is -2.30. The summed E-state index contributed by atoms with van der Waals surface area (Å²) in [7, 11) is 3.55. The average Bonchev–Trinajstić information content (AvgIpc) is 2.93. The summed E-state index contributed by atoms with van der Waals surface area (Å²) in [6.07, 6.45) is 0. The molecule has 1 heterocycles. The monoisotopic (exact) mass is 346 g/mol. The van der Waals surface area contributed by atoms with Crippen LogP contribution >= 0.6 is 0 Å². The van der Waals surface area contributed by atoms with E-state index in [2.05, 4.69) is 25.8 Å². The quantitative estimate of drug-likeness (QED) is 0.590. The van der Waals surface area contributed by atoms with E-state index in [0.717, 1.165) is 23.9 Å². The summed E-state index contributed by atoms with van der Waals surface area (Å²) >= 11 is 0. The Kier molecular flexibility index (Phi) is 6.62. The molecule has 136 valence electrons. The summed E-state index contributed by atoms with van der Waals surface area (Å²) in [6, 6.07) is 5.68. The maximum absolute atomic E-state index is 5.54. The first-order valence-corrected chi connectivity index (χ1v) is 8.30. The van der Waals surface area contributed by atoms with Gasteiger partial charge in [0.2, 0.25) is 0 Å². The molecule has 2 rings (SSSR count). The van der Waals surface area contributed by atoms with Gasteiger partial charge in [-0.1, -0.05) is 0 Å². The average molecular weight is 346 g/mol. The van der Waals surface area contributed by atoms with Gasteiger partial charge in [-0.3, -0.25) is 0 Å². The Bertz CT molecular complexity index is 726. The molecule has 25 heavy (non-hydrogen) atoms. The summed E-state index contributed by atoms with van der Waals surface area (Å²) in [5.74, 6) is 3.71. The van der Waals surface area contributed by atoms with Crippen molar-refractivity contribution in [2.75, 3.05) is 25.6 Å². The lowest BCUT2D eigenvalue weighted by Gasteiger charge is -2.14. The first-order chi connectivity index (χ1) is 12.1. The number of methoxy groups -OCH3 is 1. The zero-order valence-corrected chi connectivity index (χ0v) is 15.5. The molecule has 0 amide bonds. The second-order valence-corrected chi connectivity index (χ2v) is 5.34. The Morgan fingerprint density at radius 2 is 2.04 bits per heavy atom. The molecule has 8 nitrogen and oxygen atoms in total. The van der Waals surface area contributed by atoms with E-state index < -0.39 is 0 Å². The van der Waals surface area contributed by atoms with E-state index >= 15 is 0 Å². The van der Waals surface area contributed by atoms with Gasteiger partial charge in [0, 0.05) is 25.3 Å². The number of aliphatic imine (C=N–C) groups is 1. The van der Waals surface area contributed by atoms with Gasteiger partial charge in [0.15, 0.2) is 23.3 Å². The molecule has 0 atom stereocenters. The third kappa shape index (κ3) is 4.85. The van der Waals surface area contributed by atoms with Crippen LogP contribution in [-0.4, -0.2) is 41.0 Å². The molecule has 0 radical (unpaired) electrons. The maximum atomic E-state index is 5.54. The lowest BCUT2D eigenvalue weighted by atomic mass is 10.2. The third-order valence-corrected chi connectivity index (χ3v) is 3.63. The molecule has 1 aromatic carbocycles. The second-order valence-electron chi connectivity index (χ2n) is 5.34. The SMILES string of the molecule is CCNC(=NCc1nnc(C)n1C)Nc1ccc(OCC)c(OC)c1. The number of rotatable bonds is 7. The molecular weight excluding hydrogens is 320 g/mol. The highest BCUT2D eigenvalue weighted by atomic mass is 16.5. The molecule has 0 fully saturated rings. The molecule has 0 unspecified atom stereocenters. The molecule has 0 aliphatic carbocycles. The highest BCUT2D eigenvalue weighted by Gasteiger charge is 2.08. The van der Waals surface area contributed by atoms with Crippen LogP contribution in [0.1, 0.15) is 25.5 Å². The number of nitrogens with one attached hydrogen (secondary N) is 2. The van der Waals surface area contributed by atoms with Gasteiger partial charge >= 0.3 is 0 Å². The molecule has 0 saturated carbocycles. The van der Waals surface area contributed by atoms with Gasteiger partial charge in [0.1, 0.15) is 12.4 Å². The van der Waals surface area contributed by atoms with Gasteiger partial charge in [0.25, 0.3) is 0 Å². The number of hydrogen-bond donors (Lipinski definition) is 2. The van der Waals surface area contributed by atoms with Crippen LogP contribution in [0.5, 0.6) is 11.5 Å². The van der Waals surface area contributed by atoms with Crippen molar-refractivity contribution in [3.05, 3.63) is 29.8 Å². The Balaban J connectivity index is 2.15. The summed E-state index contributed by atoms with van der Waals surface area (Å²) in [6.45, 7) is 7.64. The van der Waals surface area contributed by atoms with Crippen molar-refractivity contribution in [1.29, 1.82) is 0 Å². The fourth-order valence-corrected chi connectivity index (χ4v) is 2.20. The smallest absolute Gasteiger partial charge is 0.196 e. The fraction of sp³-hybridized carbons (Fsp3) is 0.471. The number of nitrogens with zero attached hydrogens (tertiary/aromatic N) is 4. The first kappa shape index (κ1) is 18.6. The zero-order valence-electron chi connectivity index (χ0n) is 15.5. The standard InChI is InChI=1S/C17H26N6O2/c1-6-18-17(19-11-16-22-21-12(3)23(16)4)20-13-8-9-14(25-7-2)15(10-13)24-5/h8-10H,6-7,11H2,1-5H3,(H2,18,19,20). The van der Waals surface area contributed by atoms with Gasteiger partial charge in [0.05, 0.1) is 13.7 Å². The normalized spacial score (nSPS) is 11.3. The summed E-state index contributed by atoms with van der Waals surface area (Å²) in [4.78, 5) is 4.57. The molecule has 1 aromatic heterocycles. The van der Waals surface area contributed by atoms with E-state index in [9.17, 15) is 0 Å². The third-order valence-electron chi connectivity index (χ3n) is 3.63. The highest BCUT2D eigenvalue weighted by Crippen LogP contribution is 2.30. The first-order valence-electron chi connectivity index (χ1n) is 8.30. The fourth-order valence-electron chi connectivity index (χ4n) is 2.20. The van der Waals surface area contributed by atoms with Crippen molar-refractivity contribution in [3.63, 3.8) is 0 Å². The van der Waals surface area contributed by atoms with E-state index in [1.807, 2.05) is 50.6 Å². The predicted octanol–water partition coefficient (Wildman–Crippen LogP) is 2.11. The second kappa shape index (κ2) is 8.91. The van der Waals surface area contributed by atoms with Gasteiger partial charge in [-0.2, -0.15) is 0 Å². The van der Waals surface area contributed by atoms with Gasteiger partial charge in [-0.25, -0.2) is 4.99 Å². The topological polar surface area (TPSA) is 85.6 Å². The summed E-state index contributed by atoms with van der Waals surface area (Å²) in [5.41, 5.74) is 0.856. The number of benzene rings is 1. The van der Waals surface area contributed by atoms with Crippen LogP contribution in [0.25, 0.3) is 0 Å². The number of guanidine groups is 1. The minimum atomic E-state index is 0.431. The van der Waals surface area contributed by atoms with Crippen LogP contribution in [0.2, 0.25) is 0 Å². The highest BCUT2D eigenvalue weighted by molar-refractivity contribution is 5.93. The number of aromatic nitrogens is 3. The Labute approximate surface area is 148 Å². The van der Waals surface area contributed by atoms with E-state index in [4.69, 9.17) is 9.47 Å². The van der Waals surface area contributed by atoms with Crippen LogP contribution in [0.4, 0.5) is 5.69 Å². The molecular formula is C17H26N6O2. The van der Waals surface area contributed by atoms with Crippen LogP contribution in [0.3, 0.4) is 0 Å². The predicted molar refractivity (Wildman–Crippen MR) is 98.3 cm³/mol. The molecule has 0 saturated heterocycles. The molecule has 0 spiro atoms. The van der Waals surface area contributed by atoms with Crippen molar-refractivity contribution in [2.45, 2.75) is 27.3 Å². The van der Waals surface area contributed by atoms with Crippen LogP contribution in [0, 0.1) is 6.92 Å². The van der Waals surface area contributed by atoms with Crippen LogP contribution in [0.15, 0.2) is 23.2 Å². The molecule has 2 aromatic rings. The number of aryl methyl sites for hydroxylation is 1. The molecule has 0 bridgehead atoms. The van der Waals surface area contributed by atoms with Crippen LogP contribution in [-0.2, 0) is 13.6 Å². The minimum Gasteiger partial charge on any atom is -0.493 e. The van der Waals surface area contributed by atoms with Crippen molar-refractivity contribution in [1.82, 2.24) is 20.1 Å². The minimum absolute atomic E-state index is 0.431. The van der Waals surface area contributed by atoms with E-state index in [0.29, 0.717) is 30.6 Å². The van der Waals surface area contributed by atoms with Crippen molar-refractivity contribution >= 4 is 11.6 Å². The summed E-state index contributed by atoms with van der Waals surface area (Å²) in [5, 5.41) is 14.7. The number of hydrogen-bond acceptors (Lipinski definition) is 5. The molecule has 8 heteroatoms. The van der Waals surface area contributed by atoms with Gasteiger partial charge in [-0.05, 0) is 32.9 Å². The van der Waals surface area contributed by atoms with Gasteiger partial charge in [-0.15, -0.1) is 10.2 Å². The Morgan fingerprint density at radius 3 is 2.64 bits per heavy atom.